The zero-order valence-electron chi connectivity index (χ0n) is 51.0. The fourth-order valence-electron chi connectivity index (χ4n) is 9.69. The van der Waals surface area contributed by atoms with Crippen molar-refractivity contribution in [1.29, 1.82) is 0 Å². The fourth-order valence-corrected chi connectivity index (χ4v) is 9.69. The van der Waals surface area contributed by atoms with Crippen LogP contribution in [0.1, 0.15) is 328 Å². The minimum absolute atomic E-state index is 0.0644. The van der Waals surface area contributed by atoms with Crippen molar-refractivity contribution < 1.29 is 24.2 Å². The van der Waals surface area contributed by atoms with Gasteiger partial charge in [0, 0.05) is 12.8 Å². The van der Waals surface area contributed by atoms with Gasteiger partial charge in [0.1, 0.15) is 6.61 Å². The van der Waals surface area contributed by atoms with Gasteiger partial charge >= 0.3 is 11.9 Å². The molecule has 5 heteroatoms. The van der Waals surface area contributed by atoms with Crippen LogP contribution in [0.3, 0.4) is 0 Å². The highest BCUT2D eigenvalue weighted by Gasteiger charge is 2.16. The first kappa shape index (κ1) is 73.8. The molecule has 5 nitrogen and oxygen atoms in total. The summed E-state index contributed by atoms with van der Waals surface area (Å²) in [6.07, 6.45) is 95.6. The Kier molecular flexibility index (Phi) is 64.3. The van der Waals surface area contributed by atoms with E-state index in [-0.39, 0.29) is 25.2 Å². The molecule has 1 atom stereocenters. The Morgan fingerprint density at radius 1 is 0.312 bits per heavy atom. The van der Waals surface area contributed by atoms with Crippen molar-refractivity contribution in [2.75, 3.05) is 13.2 Å². The van der Waals surface area contributed by atoms with Gasteiger partial charge in [-0.3, -0.25) is 9.59 Å². The highest BCUT2D eigenvalue weighted by Crippen LogP contribution is 2.18. The highest BCUT2D eigenvalue weighted by atomic mass is 16.6. The topological polar surface area (TPSA) is 72.8 Å². The van der Waals surface area contributed by atoms with Crippen LogP contribution in [-0.4, -0.2) is 36.4 Å². The van der Waals surface area contributed by atoms with E-state index in [2.05, 4.69) is 111 Å². The average molecular weight is 1070 g/mol. The third-order valence-electron chi connectivity index (χ3n) is 14.6. The van der Waals surface area contributed by atoms with Gasteiger partial charge in [0.25, 0.3) is 0 Å². The van der Waals surface area contributed by atoms with Crippen LogP contribution in [0.4, 0.5) is 0 Å². The van der Waals surface area contributed by atoms with Gasteiger partial charge in [0.15, 0.2) is 6.10 Å². The highest BCUT2D eigenvalue weighted by molar-refractivity contribution is 5.70. The normalized spacial score (nSPS) is 12.8. The predicted octanol–water partition coefficient (Wildman–Crippen LogP) is 23.0. The van der Waals surface area contributed by atoms with Crippen molar-refractivity contribution in [3.05, 3.63) is 97.2 Å². The van der Waals surface area contributed by atoms with E-state index in [4.69, 9.17) is 9.47 Å². The second-order valence-corrected chi connectivity index (χ2v) is 22.2. The van der Waals surface area contributed by atoms with Crippen molar-refractivity contribution in [3.63, 3.8) is 0 Å². The molecular formula is C72H126O5. The van der Waals surface area contributed by atoms with Crippen molar-refractivity contribution >= 4 is 11.9 Å². The van der Waals surface area contributed by atoms with E-state index in [1.165, 1.54) is 212 Å². The minimum Gasteiger partial charge on any atom is -0.462 e. The smallest absolute Gasteiger partial charge is 0.306 e. The second kappa shape index (κ2) is 67.1. The molecule has 0 aliphatic carbocycles. The van der Waals surface area contributed by atoms with Crippen molar-refractivity contribution in [2.45, 2.75) is 335 Å². The van der Waals surface area contributed by atoms with Gasteiger partial charge < -0.3 is 14.6 Å². The fraction of sp³-hybridized carbons (Fsp3) is 0.750. The van der Waals surface area contributed by atoms with E-state index in [0.29, 0.717) is 12.8 Å². The van der Waals surface area contributed by atoms with E-state index in [1.807, 2.05) is 0 Å². The standard InChI is InChI=1S/C72H126O5/c1-3-5-7-9-11-13-15-17-19-21-23-25-27-29-30-31-32-33-34-35-36-37-38-39-40-41-42-43-45-47-49-51-53-55-57-59-61-63-65-67-72(75)77-70(68-73)69-76-71(74)66-64-62-60-58-56-54-52-50-48-46-44-28-26-24-22-20-18-16-14-12-10-8-6-4-2/h5,7,11,13,17,19,23,25,29-30,32-33,35-36,38-39,70,73H,3-4,6,8-10,12,14-16,18,20-22,24,26-28,31,34,37,40-69H2,1-2H3/b7-5-,13-11-,19-17-,25-23-,30-29-,33-32-,36-35-,39-38-. The van der Waals surface area contributed by atoms with Crippen LogP contribution in [0.25, 0.3) is 0 Å². The summed E-state index contributed by atoms with van der Waals surface area (Å²) in [6, 6.07) is 0. The summed E-state index contributed by atoms with van der Waals surface area (Å²) in [5.41, 5.74) is 0. The molecule has 0 fully saturated rings. The number of esters is 2. The van der Waals surface area contributed by atoms with Crippen LogP contribution in [0.5, 0.6) is 0 Å². The zero-order valence-corrected chi connectivity index (χ0v) is 51.0. The first-order valence-electron chi connectivity index (χ1n) is 33.3. The quantitative estimate of drug-likeness (QED) is 0.0373. The van der Waals surface area contributed by atoms with Gasteiger partial charge in [-0.15, -0.1) is 0 Å². The second-order valence-electron chi connectivity index (χ2n) is 22.2. The van der Waals surface area contributed by atoms with Gasteiger partial charge in [-0.2, -0.15) is 0 Å². The van der Waals surface area contributed by atoms with Gasteiger partial charge in [-0.25, -0.2) is 0 Å². The van der Waals surface area contributed by atoms with Crippen LogP contribution >= 0.6 is 0 Å². The van der Waals surface area contributed by atoms with Crippen LogP contribution < -0.4 is 0 Å². The number of carbonyl (C=O) groups is 2. The summed E-state index contributed by atoms with van der Waals surface area (Å²) in [6.45, 7) is 4.07. The van der Waals surface area contributed by atoms with Crippen molar-refractivity contribution in [1.82, 2.24) is 0 Å². The number of carbonyl (C=O) groups excluding carboxylic acids is 2. The van der Waals surface area contributed by atoms with Crippen LogP contribution in [0, 0.1) is 0 Å². The number of allylic oxidation sites excluding steroid dienone is 16. The van der Waals surface area contributed by atoms with E-state index in [1.54, 1.807) is 0 Å². The summed E-state index contributed by atoms with van der Waals surface area (Å²) in [7, 11) is 0. The average Bonchev–Trinajstić information content (AvgIpc) is 3.43. The van der Waals surface area contributed by atoms with Crippen LogP contribution in [-0.2, 0) is 19.1 Å². The molecule has 0 spiro atoms. The molecule has 0 saturated carbocycles. The van der Waals surface area contributed by atoms with Crippen LogP contribution in [0.2, 0.25) is 0 Å². The Labute approximate surface area is 478 Å². The number of unbranched alkanes of at least 4 members (excludes halogenated alkanes) is 37. The number of hydrogen-bond donors (Lipinski definition) is 1. The van der Waals surface area contributed by atoms with E-state index in [9.17, 15) is 14.7 Å². The number of ether oxygens (including phenoxy) is 2. The molecule has 0 aliphatic heterocycles. The lowest BCUT2D eigenvalue weighted by atomic mass is 10.0. The molecule has 0 aromatic carbocycles. The molecule has 444 valence electrons. The lowest BCUT2D eigenvalue weighted by Crippen LogP contribution is -2.28. The van der Waals surface area contributed by atoms with Crippen LogP contribution in [0.15, 0.2) is 97.2 Å². The molecule has 0 bridgehead atoms. The largest absolute Gasteiger partial charge is 0.462 e. The first-order valence-corrected chi connectivity index (χ1v) is 33.3. The summed E-state index contributed by atoms with van der Waals surface area (Å²) in [5, 5.41) is 9.69. The van der Waals surface area contributed by atoms with Gasteiger partial charge in [0.2, 0.25) is 0 Å². The summed E-state index contributed by atoms with van der Waals surface area (Å²) >= 11 is 0. The maximum Gasteiger partial charge on any atom is 0.306 e. The summed E-state index contributed by atoms with van der Waals surface area (Å²) < 4.78 is 10.7. The van der Waals surface area contributed by atoms with Crippen molar-refractivity contribution in [2.24, 2.45) is 0 Å². The summed E-state index contributed by atoms with van der Waals surface area (Å²) in [5.74, 6) is -0.578. The Hall–Kier alpha value is -3.18. The van der Waals surface area contributed by atoms with Gasteiger partial charge in [-0.1, -0.05) is 336 Å². The Balaban J connectivity index is 3.48. The molecule has 0 aromatic rings. The number of hydrogen-bond acceptors (Lipinski definition) is 5. The van der Waals surface area contributed by atoms with E-state index in [0.717, 1.165) is 89.9 Å². The maximum atomic E-state index is 12.4. The molecule has 0 aromatic heterocycles. The van der Waals surface area contributed by atoms with E-state index >= 15 is 0 Å². The molecule has 0 saturated heterocycles. The Bertz CT molecular complexity index is 1450. The number of aliphatic hydroxyl groups excluding tert-OH is 1. The molecule has 0 heterocycles. The lowest BCUT2D eigenvalue weighted by molar-refractivity contribution is -0.161. The third kappa shape index (κ3) is 65.2. The molecule has 1 N–H and O–H groups in total. The Morgan fingerprint density at radius 3 is 0.844 bits per heavy atom. The molecular weight excluding hydrogens is 945 g/mol. The summed E-state index contributed by atoms with van der Waals surface area (Å²) in [4.78, 5) is 24.6. The lowest BCUT2D eigenvalue weighted by Gasteiger charge is -2.15. The minimum atomic E-state index is -0.775. The number of aliphatic hydroxyl groups is 1. The van der Waals surface area contributed by atoms with E-state index < -0.39 is 6.10 Å². The van der Waals surface area contributed by atoms with Gasteiger partial charge in [0.05, 0.1) is 6.61 Å². The Morgan fingerprint density at radius 2 is 0.558 bits per heavy atom. The molecule has 77 heavy (non-hydrogen) atoms. The third-order valence-corrected chi connectivity index (χ3v) is 14.6. The number of rotatable bonds is 61. The molecule has 0 radical (unpaired) electrons. The SMILES string of the molecule is CC/C=C\C/C=C\C/C=C\C/C=C\C/C=C\C/C=C\C/C=C\C/C=C\CCCCCCCCCCCCCCCCC(=O)OC(CO)COC(=O)CCCCCCCCCCCCCCCCCCCCCCCCCC. The molecule has 1 unspecified atom stereocenters. The predicted molar refractivity (Wildman–Crippen MR) is 339 cm³/mol. The molecule has 0 rings (SSSR count). The maximum absolute atomic E-state index is 12.4. The monoisotopic (exact) mass is 1070 g/mol. The zero-order chi connectivity index (χ0) is 55.5. The first-order chi connectivity index (χ1) is 38.1. The molecule has 0 aliphatic rings. The van der Waals surface area contributed by atoms with Gasteiger partial charge in [-0.05, 0) is 77.0 Å². The van der Waals surface area contributed by atoms with Crippen molar-refractivity contribution in [3.8, 4) is 0 Å². The molecule has 0 amide bonds.